The molecular weight excluding hydrogens is 218 g/mol. The number of aromatic nitrogens is 1. The lowest BCUT2D eigenvalue weighted by molar-refractivity contribution is 0.0689. The zero-order chi connectivity index (χ0) is 12.3. The van der Waals surface area contributed by atoms with Crippen LogP contribution in [0.3, 0.4) is 0 Å². The molecule has 2 aromatic rings. The minimum atomic E-state index is -1.04. The molecule has 88 valence electrons. The highest BCUT2D eigenvalue weighted by Crippen LogP contribution is 2.14. The lowest BCUT2D eigenvalue weighted by atomic mass is 10.0. The lowest BCUT2D eigenvalue weighted by Crippen LogP contribution is -2.02. The van der Waals surface area contributed by atoms with E-state index in [0.29, 0.717) is 12.2 Å². The largest absolute Gasteiger partial charge is 0.476 e. The molecule has 1 aromatic carbocycles. The lowest BCUT2D eigenvalue weighted by Gasteiger charge is -2.03. The van der Waals surface area contributed by atoms with Crippen LogP contribution in [0.2, 0.25) is 0 Å². The molecule has 0 unspecified atom stereocenters. The van der Waals surface area contributed by atoms with Gasteiger partial charge in [0.25, 0.3) is 0 Å². The van der Waals surface area contributed by atoms with E-state index in [-0.39, 0.29) is 5.69 Å². The number of nitrogens with zero attached hydrogens (tertiary/aromatic N) is 1. The molecule has 4 nitrogen and oxygen atoms in total. The van der Waals surface area contributed by atoms with Crippen LogP contribution in [0.4, 0.5) is 0 Å². The fourth-order valence-corrected chi connectivity index (χ4v) is 1.76. The van der Waals surface area contributed by atoms with E-state index < -0.39 is 5.97 Å². The molecular formula is C13H13NO3. The van der Waals surface area contributed by atoms with Crippen molar-refractivity contribution in [3.8, 4) is 0 Å². The first-order chi connectivity index (χ1) is 8.18. The smallest absolute Gasteiger partial charge is 0.358 e. The minimum absolute atomic E-state index is 0.0126. The van der Waals surface area contributed by atoms with Crippen molar-refractivity contribution in [2.45, 2.75) is 19.8 Å². The second kappa shape index (κ2) is 4.82. The van der Waals surface area contributed by atoms with Crippen LogP contribution in [0.15, 0.2) is 35.1 Å². The minimum Gasteiger partial charge on any atom is -0.476 e. The predicted molar refractivity (Wildman–Crippen MR) is 62.0 cm³/mol. The van der Waals surface area contributed by atoms with Crippen LogP contribution in [0.5, 0.6) is 0 Å². The average molecular weight is 231 g/mol. The first-order valence-electron chi connectivity index (χ1n) is 5.38. The first kappa shape index (κ1) is 11.4. The second-order valence-electron chi connectivity index (χ2n) is 3.86. The van der Waals surface area contributed by atoms with Gasteiger partial charge in [-0.3, -0.25) is 0 Å². The van der Waals surface area contributed by atoms with Gasteiger partial charge < -0.3 is 9.52 Å². The Kier molecular flexibility index (Phi) is 3.23. The van der Waals surface area contributed by atoms with Gasteiger partial charge in [0.15, 0.2) is 12.1 Å². The number of carboxylic acids is 1. The molecule has 0 saturated carbocycles. The number of aryl methyl sites for hydroxylation is 3. The van der Waals surface area contributed by atoms with Gasteiger partial charge in [-0.25, -0.2) is 9.78 Å². The Labute approximate surface area is 98.9 Å². The molecule has 1 heterocycles. The molecule has 0 aliphatic rings. The maximum absolute atomic E-state index is 10.8. The monoisotopic (exact) mass is 231 g/mol. The first-order valence-corrected chi connectivity index (χ1v) is 5.38. The van der Waals surface area contributed by atoms with E-state index in [1.807, 2.05) is 31.2 Å². The van der Waals surface area contributed by atoms with E-state index in [2.05, 4.69) is 4.98 Å². The van der Waals surface area contributed by atoms with Gasteiger partial charge in [-0.2, -0.15) is 0 Å². The van der Waals surface area contributed by atoms with Crippen LogP contribution in [-0.4, -0.2) is 16.1 Å². The van der Waals surface area contributed by atoms with Crippen molar-refractivity contribution in [2.75, 3.05) is 0 Å². The summed E-state index contributed by atoms with van der Waals surface area (Å²) in [7, 11) is 0. The van der Waals surface area contributed by atoms with Crippen molar-refractivity contribution in [2.24, 2.45) is 0 Å². The summed E-state index contributed by atoms with van der Waals surface area (Å²) in [6, 6.07) is 8.02. The molecule has 2 rings (SSSR count). The van der Waals surface area contributed by atoms with E-state index in [1.165, 1.54) is 17.5 Å². The van der Waals surface area contributed by atoms with Crippen LogP contribution in [0, 0.1) is 6.92 Å². The van der Waals surface area contributed by atoms with E-state index in [9.17, 15) is 4.79 Å². The molecule has 0 saturated heterocycles. The number of rotatable bonds is 4. The summed E-state index contributed by atoms with van der Waals surface area (Å²) in [4.78, 5) is 14.5. The molecule has 0 atom stereocenters. The Balaban J connectivity index is 2.10. The molecule has 0 spiro atoms. The van der Waals surface area contributed by atoms with Crippen molar-refractivity contribution < 1.29 is 14.3 Å². The normalized spacial score (nSPS) is 10.4. The molecule has 0 bridgehead atoms. The Bertz CT molecular complexity index is 531. The van der Waals surface area contributed by atoms with Gasteiger partial charge in [-0.1, -0.05) is 24.3 Å². The topological polar surface area (TPSA) is 63.3 Å². The number of aromatic carboxylic acids is 1. The van der Waals surface area contributed by atoms with Gasteiger partial charge in [0.05, 0.1) is 0 Å². The van der Waals surface area contributed by atoms with Crippen LogP contribution in [-0.2, 0) is 12.8 Å². The third-order valence-corrected chi connectivity index (χ3v) is 2.73. The van der Waals surface area contributed by atoms with Crippen LogP contribution >= 0.6 is 0 Å². The van der Waals surface area contributed by atoms with Gasteiger partial charge in [0, 0.05) is 6.42 Å². The van der Waals surface area contributed by atoms with Gasteiger partial charge in [0.1, 0.15) is 5.76 Å². The summed E-state index contributed by atoms with van der Waals surface area (Å²) >= 11 is 0. The Morgan fingerprint density at radius 3 is 2.82 bits per heavy atom. The van der Waals surface area contributed by atoms with E-state index >= 15 is 0 Å². The third-order valence-electron chi connectivity index (χ3n) is 2.73. The number of benzene rings is 1. The van der Waals surface area contributed by atoms with Gasteiger partial charge in [-0.05, 0) is 24.5 Å². The van der Waals surface area contributed by atoms with Crippen molar-refractivity contribution in [3.63, 3.8) is 0 Å². The molecule has 1 N–H and O–H groups in total. The zero-order valence-electron chi connectivity index (χ0n) is 9.51. The number of carbonyl (C=O) groups is 1. The summed E-state index contributed by atoms with van der Waals surface area (Å²) in [6.07, 6.45) is 2.48. The number of oxazole rings is 1. The van der Waals surface area contributed by atoms with E-state index in [4.69, 9.17) is 9.52 Å². The van der Waals surface area contributed by atoms with Gasteiger partial charge in [0.2, 0.25) is 0 Å². The molecule has 0 aliphatic heterocycles. The number of hydrogen-bond donors (Lipinski definition) is 1. The summed E-state index contributed by atoms with van der Waals surface area (Å²) in [5.74, 6) is -0.612. The highest BCUT2D eigenvalue weighted by atomic mass is 16.4. The third kappa shape index (κ3) is 2.53. The maximum Gasteiger partial charge on any atom is 0.358 e. The summed E-state index contributed by atoms with van der Waals surface area (Å²) in [5.41, 5.74) is 2.41. The van der Waals surface area contributed by atoms with Crippen LogP contribution in [0.25, 0.3) is 0 Å². The van der Waals surface area contributed by atoms with Gasteiger partial charge in [-0.15, -0.1) is 0 Å². The highest BCUT2D eigenvalue weighted by molar-refractivity contribution is 5.86. The van der Waals surface area contributed by atoms with E-state index in [0.717, 1.165) is 6.42 Å². The maximum atomic E-state index is 10.8. The Morgan fingerprint density at radius 2 is 2.12 bits per heavy atom. The van der Waals surface area contributed by atoms with Crippen molar-refractivity contribution >= 4 is 5.97 Å². The molecule has 0 aliphatic carbocycles. The predicted octanol–water partition coefficient (Wildman–Crippen LogP) is 2.47. The van der Waals surface area contributed by atoms with Crippen LogP contribution in [0.1, 0.15) is 27.4 Å². The number of carboxylic acid groups (broad SMARTS) is 1. The molecule has 0 fully saturated rings. The summed E-state index contributed by atoms with van der Waals surface area (Å²) in [5, 5.41) is 8.88. The standard InChI is InChI=1S/C13H13NO3/c1-9-4-2-3-5-10(9)6-7-11-12(13(15)16)14-8-17-11/h2-5,8H,6-7H2,1H3,(H,15,16). The van der Waals surface area contributed by atoms with Crippen LogP contribution < -0.4 is 0 Å². The van der Waals surface area contributed by atoms with E-state index in [1.54, 1.807) is 0 Å². The summed E-state index contributed by atoms with van der Waals surface area (Å²) in [6.45, 7) is 2.04. The van der Waals surface area contributed by atoms with Crippen molar-refractivity contribution in [3.05, 3.63) is 53.2 Å². The Morgan fingerprint density at radius 1 is 1.35 bits per heavy atom. The quantitative estimate of drug-likeness (QED) is 0.877. The molecule has 1 aromatic heterocycles. The SMILES string of the molecule is Cc1ccccc1CCc1ocnc1C(=O)O. The molecule has 4 heteroatoms. The molecule has 0 amide bonds. The molecule has 17 heavy (non-hydrogen) atoms. The second-order valence-corrected chi connectivity index (χ2v) is 3.86. The fourth-order valence-electron chi connectivity index (χ4n) is 1.76. The summed E-state index contributed by atoms with van der Waals surface area (Å²) < 4.78 is 5.10. The fraction of sp³-hybridized carbons (Fsp3) is 0.231. The average Bonchev–Trinajstić information content (AvgIpc) is 2.76. The highest BCUT2D eigenvalue weighted by Gasteiger charge is 2.15. The van der Waals surface area contributed by atoms with Crippen molar-refractivity contribution in [1.29, 1.82) is 0 Å². The van der Waals surface area contributed by atoms with Gasteiger partial charge >= 0.3 is 5.97 Å². The number of hydrogen-bond acceptors (Lipinski definition) is 3. The molecule has 0 radical (unpaired) electrons. The zero-order valence-corrected chi connectivity index (χ0v) is 9.51. The van der Waals surface area contributed by atoms with Crippen molar-refractivity contribution in [1.82, 2.24) is 4.98 Å². The Hall–Kier alpha value is -2.10.